The number of carboxylic acids is 2. The first-order valence-corrected chi connectivity index (χ1v) is 3.08. The van der Waals surface area contributed by atoms with E-state index in [1.54, 1.807) is 0 Å². The number of aliphatic carboxylic acids is 2. The highest BCUT2D eigenvalue weighted by atomic mass is 16.4. The van der Waals surface area contributed by atoms with Crippen LogP contribution in [0.4, 0.5) is 4.79 Å². The second-order valence-corrected chi connectivity index (χ2v) is 1.69. The molecule has 9 nitrogen and oxygen atoms in total. The predicted octanol–water partition coefficient (Wildman–Crippen LogP) is -2.49. The van der Waals surface area contributed by atoms with Gasteiger partial charge in [-0.15, -0.1) is 0 Å². The Hall–Kier alpha value is -2.16. The Kier molecular flexibility index (Phi) is 9.17. The third-order valence-electron chi connectivity index (χ3n) is 0.552. The van der Waals surface area contributed by atoms with Crippen LogP contribution in [0.1, 0.15) is 0 Å². The molecule has 0 aromatic carbocycles. The summed E-state index contributed by atoms with van der Waals surface area (Å²) in [5, 5.41) is 15.3. The van der Waals surface area contributed by atoms with Crippen LogP contribution in [-0.2, 0) is 14.4 Å². The number of rotatable bonds is 4. The Morgan fingerprint density at radius 1 is 1.29 bits per heavy atom. The highest BCUT2D eigenvalue weighted by Gasteiger charge is 1.94. The van der Waals surface area contributed by atoms with Gasteiger partial charge in [-0.1, -0.05) is 0 Å². The van der Waals surface area contributed by atoms with Crippen molar-refractivity contribution in [1.29, 1.82) is 0 Å². The standard InChI is InChI=1S/C3H7N3O3.C2H2O3/c4-3(9)6-5-1-2(7)8;3-1-2(4)5/h5H,1H2,(H,7,8)(H3,4,6,9);1H,(H,4,5). The zero-order chi connectivity index (χ0) is 11.6. The zero-order valence-electron chi connectivity index (χ0n) is 6.89. The minimum atomic E-state index is -1.43. The van der Waals surface area contributed by atoms with Crippen LogP contribution in [0.25, 0.3) is 0 Å². The predicted molar refractivity (Wildman–Crippen MR) is 42.1 cm³/mol. The van der Waals surface area contributed by atoms with Crippen molar-refractivity contribution in [3.8, 4) is 0 Å². The molecule has 0 fully saturated rings. The fourth-order valence-electron chi connectivity index (χ4n) is 0.207. The van der Waals surface area contributed by atoms with Gasteiger partial charge in [0.25, 0.3) is 0 Å². The van der Waals surface area contributed by atoms with Crippen molar-refractivity contribution in [3.05, 3.63) is 0 Å². The number of carbonyl (C=O) groups excluding carboxylic acids is 2. The smallest absolute Gasteiger partial charge is 0.368 e. The molecular weight excluding hydrogens is 198 g/mol. The van der Waals surface area contributed by atoms with Gasteiger partial charge in [0.15, 0.2) is 0 Å². The number of carboxylic acid groups (broad SMARTS) is 2. The van der Waals surface area contributed by atoms with Crippen molar-refractivity contribution in [2.45, 2.75) is 0 Å². The summed E-state index contributed by atoms with van der Waals surface area (Å²) in [4.78, 5) is 37.5. The van der Waals surface area contributed by atoms with Crippen molar-refractivity contribution in [3.63, 3.8) is 0 Å². The van der Waals surface area contributed by atoms with Gasteiger partial charge in [-0.3, -0.25) is 15.0 Å². The van der Waals surface area contributed by atoms with Crippen LogP contribution in [0, 0.1) is 0 Å². The van der Waals surface area contributed by atoms with Crippen LogP contribution in [0.3, 0.4) is 0 Å². The molecule has 0 aromatic heterocycles. The maximum atomic E-state index is 9.84. The van der Waals surface area contributed by atoms with Crippen LogP contribution in [0.15, 0.2) is 0 Å². The fraction of sp³-hybridized carbons (Fsp3) is 0.200. The fourth-order valence-corrected chi connectivity index (χ4v) is 0.207. The second kappa shape index (κ2) is 8.93. The normalized spacial score (nSPS) is 7.71. The number of hydrogen-bond acceptors (Lipinski definition) is 5. The molecule has 9 heteroatoms. The lowest BCUT2D eigenvalue weighted by Crippen LogP contribution is -2.43. The van der Waals surface area contributed by atoms with Crippen molar-refractivity contribution >= 4 is 24.3 Å². The van der Waals surface area contributed by atoms with Crippen molar-refractivity contribution < 1.29 is 29.4 Å². The summed E-state index contributed by atoms with van der Waals surface area (Å²) in [5.74, 6) is -2.49. The number of nitrogens with one attached hydrogen (secondary N) is 2. The summed E-state index contributed by atoms with van der Waals surface area (Å²) in [6, 6.07) is -0.809. The Morgan fingerprint density at radius 3 is 1.93 bits per heavy atom. The second-order valence-electron chi connectivity index (χ2n) is 1.69. The first-order valence-electron chi connectivity index (χ1n) is 3.08. The molecule has 0 aliphatic rings. The SMILES string of the molecule is NC(=O)NNCC(=O)O.O=CC(=O)O. The van der Waals surface area contributed by atoms with Crippen LogP contribution in [-0.4, -0.2) is 41.0 Å². The van der Waals surface area contributed by atoms with Gasteiger partial charge in [-0.05, 0) is 0 Å². The quantitative estimate of drug-likeness (QED) is 0.194. The molecule has 0 aliphatic carbocycles. The summed E-state index contributed by atoms with van der Waals surface area (Å²) in [6.07, 6.45) is -0.167. The van der Waals surface area contributed by atoms with E-state index in [2.05, 4.69) is 11.2 Å². The Balaban J connectivity index is 0. The number of carbonyl (C=O) groups is 4. The third kappa shape index (κ3) is 22.5. The van der Waals surface area contributed by atoms with Gasteiger partial charge in [0.2, 0.25) is 6.29 Å². The molecule has 0 unspecified atom stereocenters. The third-order valence-corrected chi connectivity index (χ3v) is 0.552. The van der Waals surface area contributed by atoms with Crippen molar-refractivity contribution in [1.82, 2.24) is 10.9 Å². The average molecular weight is 207 g/mol. The molecule has 0 atom stereocenters. The lowest BCUT2D eigenvalue weighted by Gasteiger charge is -1.98. The summed E-state index contributed by atoms with van der Waals surface area (Å²) in [7, 11) is 0. The van der Waals surface area contributed by atoms with E-state index in [4.69, 9.17) is 19.8 Å². The highest BCUT2D eigenvalue weighted by molar-refractivity contribution is 6.19. The van der Waals surface area contributed by atoms with Gasteiger partial charge in [-0.2, -0.15) is 0 Å². The molecule has 0 radical (unpaired) electrons. The lowest BCUT2D eigenvalue weighted by molar-refractivity contribution is -0.143. The van der Waals surface area contributed by atoms with Gasteiger partial charge in [0.05, 0.1) is 0 Å². The monoisotopic (exact) mass is 207 g/mol. The Labute approximate surface area is 77.8 Å². The van der Waals surface area contributed by atoms with Gasteiger partial charge in [-0.25, -0.2) is 15.0 Å². The zero-order valence-corrected chi connectivity index (χ0v) is 6.89. The number of hydrazine groups is 1. The first-order chi connectivity index (χ1) is 6.40. The van der Waals surface area contributed by atoms with Crippen LogP contribution < -0.4 is 16.6 Å². The number of primary amides is 1. The van der Waals surface area contributed by atoms with Crippen LogP contribution >= 0.6 is 0 Å². The molecule has 0 spiro atoms. The van der Waals surface area contributed by atoms with Crippen molar-refractivity contribution in [2.75, 3.05) is 6.54 Å². The molecule has 0 aliphatic heterocycles. The first kappa shape index (κ1) is 14.4. The highest BCUT2D eigenvalue weighted by Crippen LogP contribution is 1.54. The summed E-state index contributed by atoms with van der Waals surface area (Å²) < 4.78 is 0. The number of aldehydes is 1. The van der Waals surface area contributed by atoms with E-state index in [1.165, 1.54) is 0 Å². The maximum absolute atomic E-state index is 9.84. The number of hydrogen-bond donors (Lipinski definition) is 5. The molecule has 0 saturated heterocycles. The van der Waals surface area contributed by atoms with Crippen LogP contribution in [0.2, 0.25) is 0 Å². The molecular formula is C5H9N3O6. The van der Waals surface area contributed by atoms with E-state index in [0.29, 0.717) is 0 Å². The van der Waals surface area contributed by atoms with Gasteiger partial charge in [0, 0.05) is 0 Å². The Morgan fingerprint density at radius 2 is 1.71 bits per heavy atom. The maximum Gasteiger partial charge on any atom is 0.368 e. The molecule has 14 heavy (non-hydrogen) atoms. The Bertz CT molecular complexity index is 214. The van der Waals surface area contributed by atoms with Crippen LogP contribution in [0.5, 0.6) is 0 Å². The molecule has 0 bridgehead atoms. The van der Waals surface area contributed by atoms with E-state index in [9.17, 15) is 9.59 Å². The van der Waals surface area contributed by atoms with E-state index < -0.39 is 18.0 Å². The van der Waals surface area contributed by atoms with E-state index in [1.807, 2.05) is 5.43 Å². The molecule has 80 valence electrons. The lowest BCUT2D eigenvalue weighted by atomic mass is 10.7. The molecule has 6 N–H and O–H groups in total. The van der Waals surface area contributed by atoms with Gasteiger partial charge >= 0.3 is 18.0 Å². The molecule has 0 aromatic rings. The number of nitrogens with two attached hydrogens (primary N) is 1. The minimum Gasteiger partial charge on any atom is -0.480 e. The topological polar surface area (TPSA) is 159 Å². The molecule has 0 rings (SSSR count). The van der Waals surface area contributed by atoms with Crippen molar-refractivity contribution in [2.24, 2.45) is 5.73 Å². The average Bonchev–Trinajstić information content (AvgIpc) is 2.04. The van der Waals surface area contributed by atoms with Gasteiger partial charge < -0.3 is 15.9 Å². The summed E-state index contributed by atoms with van der Waals surface area (Å²) >= 11 is 0. The van der Waals surface area contributed by atoms with E-state index in [-0.39, 0.29) is 12.8 Å². The van der Waals surface area contributed by atoms with Gasteiger partial charge in [0.1, 0.15) is 6.54 Å². The summed E-state index contributed by atoms with van der Waals surface area (Å²) in [6.45, 7) is -0.344. The molecule has 0 heterocycles. The largest absolute Gasteiger partial charge is 0.480 e. The number of amides is 2. The number of urea groups is 1. The molecule has 0 saturated carbocycles. The minimum absolute atomic E-state index is 0.167. The molecule has 2 amide bonds. The van der Waals surface area contributed by atoms with E-state index >= 15 is 0 Å². The van der Waals surface area contributed by atoms with E-state index in [0.717, 1.165) is 0 Å². The summed E-state index contributed by atoms with van der Waals surface area (Å²) in [5.41, 5.74) is 8.52.